The lowest BCUT2D eigenvalue weighted by molar-refractivity contribution is -0.118. The van der Waals surface area contributed by atoms with Crippen molar-refractivity contribution >= 4 is 17.2 Å². The SMILES string of the molecule is Cc1cccc(OCC(=O)Nc2cccc(OCc3cn4ccccc4n3)c2)c1. The van der Waals surface area contributed by atoms with Crippen molar-refractivity contribution in [3.63, 3.8) is 0 Å². The summed E-state index contributed by atoms with van der Waals surface area (Å²) in [4.78, 5) is 16.7. The number of rotatable bonds is 7. The van der Waals surface area contributed by atoms with Gasteiger partial charge in [0.25, 0.3) is 5.91 Å². The summed E-state index contributed by atoms with van der Waals surface area (Å²) in [6.07, 6.45) is 3.88. The van der Waals surface area contributed by atoms with Crippen LogP contribution < -0.4 is 14.8 Å². The zero-order valence-electron chi connectivity index (χ0n) is 16.0. The van der Waals surface area contributed by atoms with Crippen LogP contribution in [0.1, 0.15) is 11.3 Å². The van der Waals surface area contributed by atoms with Gasteiger partial charge in [-0.3, -0.25) is 4.79 Å². The predicted octanol–water partition coefficient (Wildman–Crippen LogP) is 4.24. The number of fused-ring (bicyclic) bond motifs is 1. The topological polar surface area (TPSA) is 64.9 Å². The maximum atomic E-state index is 12.2. The van der Waals surface area contributed by atoms with E-state index in [1.165, 1.54) is 0 Å². The number of amides is 1. The lowest BCUT2D eigenvalue weighted by Gasteiger charge is -2.10. The number of nitrogens with one attached hydrogen (secondary N) is 1. The Hall–Kier alpha value is -3.80. The Balaban J connectivity index is 1.32. The Morgan fingerprint density at radius 3 is 2.66 bits per heavy atom. The molecular weight excluding hydrogens is 366 g/mol. The summed E-state index contributed by atoms with van der Waals surface area (Å²) in [6.45, 7) is 2.26. The number of pyridine rings is 1. The molecule has 0 aliphatic carbocycles. The number of ether oxygens (including phenoxy) is 2. The second kappa shape index (κ2) is 8.48. The van der Waals surface area contributed by atoms with Gasteiger partial charge in [0, 0.05) is 24.1 Å². The molecule has 0 saturated heterocycles. The minimum absolute atomic E-state index is 0.0597. The van der Waals surface area contributed by atoms with Crippen LogP contribution in [0.2, 0.25) is 0 Å². The van der Waals surface area contributed by atoms with Gasteiger partial charge in [0.15, 0.2) is 6.61 Å². The smallest absolute Gasteiger partial charge is 0.262 e. The molecule has 2 heterocycles. The molecule has 0 atom stereocenters. The van der Waals surface area contributed by atoms with Gasteiger partial charge in [-0.2, -0.15) is 0 Å². The fourth-order valence-electron chi connectivity index (χ4n) is 2.93. The Labute approximate surface area is 168 Å². The monoisotopic (exact) mass is 387 g/mol. The van der Waals surface area contributed by atoms with Crippen molar-refractivity contribution < 1.29 is 14.3 Å². The molecule has 2 aromatic heterocycles. The van der Waals surface area contributed by atoms with Gasteiger partial charge in [0.05, 0.1) is 5.69 Å². The molecule has 29 heavy (non-hydrogen) atoms. The summed E-state index contributed by atoms with van der Waals surface area (Å²) in [5.41, 5.74) is 3.44. The first-order chi connectivity index (χ1) is 14.2. The molecule has 6 nitrogen and oxygen atoms in total. The lowest BCUT2D eigenvalue weighted by atomic mass is 10.2. The molecule has 0 saturated carbocycles. The van der Waals surface area contributed by atoms with Crippen LogP contribution in [0.3, 0.4) is 0 Å². The lowest BCUT2D eigenvalue weighted by Crippen LogP contribution is -2.20. The normalized spacial score (nSPS) is 10.7. The highest BCUT2D eigenvalue weighted by atomic mass is 16.5. The van der Waals surface area contributed by atoms with Gasteiger partial charge in [-0.05, 0) is 48.9 Å². The second-order valence-corrected chi connectivity index (χ2v) is 6.67. The Morgan fingerprint density at radius 2 is 1.83 bits per heavy atom. The highest BCUT2D eigenvalue weighted by molar-refractivity contribution is 5.92. The highest BCUT2D eigenvalue weighted by Gasteiger charge is 2.06. The number of aromatic nitrogens is 2. The van der Waals surface area contributed by atoms with Crippen LogP contribution in [0.15, 0.2) is 79.1 Å². The number of anilines is 1. The van der Waals surface area contributed by atoms with Crippen molar-refractivity contribution in [3.8, 4) is 11.5 Å². The number of carbonyl (C=O) groups is 1. The minimum atomic E-state index is -0.232. The molecule has 1 N–H and O–H groups in total. The van der Waals surface area contributed by atoms with Crippen molar-refractivity contribution in [2.75, 3.05) is 11.9 Å². The van der Waals surface area contributed by atoms with Gasteiger partial charge in [0.1, 0.15) is 23.8 Å². The molecule has 4 rings (SSSR count). The number of nitrogens with zero attached hydrogens (tertiary/aromatic N) is 2. The molecular formula is C23H21N3O3. The standard InChI is InChI=1S/C23H21N3O3/c1-17-6-4-8-20(12-17)29-16-23(27)25-18-7-5-9-21(13-18)28-15-19-14-26-11-3-2-10-22(26)24-19/h2-14H,15-16H2,1H3,(H,25,27). The first-order valence-corrected chi connectivity index (χ1v) is 9.30. The fraction of sp³-hybridized carbons (Fsp3) is 0.130. The van der Waals surface area contributed by atoms with E-state index in [0.29, 0.717) is 23.8 Å². The fourth-order valence-corrected chi connectivity index (χ4v) is 2.93. The van der Waals surface area contributed by atoms with Gasteiger partial charge in [-0.15, -0.1) is 0 Å². The first kappa shape index (κ1) is 18.6. The molecule has 0 radical (unpaired) electrons. The molecule has 4 aromatic rings. The molecule has 0 aliphatic heterocycles. The van der Waals surface area contributed by atoms with Crippen LogP contribution in [0, 0.1) is 6.92 Å². The number of benzene rings is 2. The van der Waals surface area contributed by atoms with E-state index in [1.807, 2.05) is 84.4 Å². The average molecular weight is 387 g/mol. The van der Waals surface area contributed by atoms with Gasteiger partial charge >= 0.3 is 0 Å². The molecule has 0 spiro atoms. The van der Waals surface area contributed by atoms with Crippen LogP contribution in [0.25, 0.3) is 5.65 Å². The van der Waals surface area contributed by atoms with E-state index in [1.54, 1.807) is 6.07 Å². The molecule has 0 aliphatic rings. The van der Waals surface area contributed by atoms with E-state index >= 15 is 0 Å². The molecule has 0 bridgehead atoms. The molecule has 146 valence electrons. The zero-order valence-corrected chi connectivity index (χ0v) is 16.0. The summed E-state index contributed by atoms with van der Waals surface area (Å²) in [5, 5.41) is 2.82. The Kier molecular flexibility index (Phi) is 5.42. The van der Waals surface area contributed by atoms with Crippen molar-refractivity contribution in [1.29, 1.82) is 0 Å². The number of carbonyl (C=O) groups excluding carboxylic acids is 1. The molecule has 0 fully saturated rings. The molecule has 2 aromatic carbocycles. The summed E-state index contributed by atoms with van der Waals surface area (Å²) in [6, 6.07) is 20.7. The zero-order chi connectivity index (χ0) is 20.1. The van der Waals surface area contributed by atoms with Gasteiger partial charge < -0.3 is 19.2 Å². The van der Waals surface area contributed by atoms with E-state index in [-0.39, 0.29) is 12.5 Å². The number of aryl methyl sites for hydroxylation is 1. The second-order valence-electron chi connectivity index (χ2n) is 6.67. The van der Waals surface area contributed by atoms with Crippen LogP contribution in [0.4, 0.5) is 5.69 Å². The molecule has 1 amide bonds. The average Bonchev–Trinajstić information content (AvgIpc) is 3.14. The van der Waals surface area contributed by atoms with E-state index in [4.69, 9.17) is 9.47 Å². The Bertz CT molecular complexity index is 1100. The first-order valence-electron chi connectivity index (χ1n) is 9.30. The third-order valence-electron chi connectivity index (χ3n) is 4.28. The Morgan fingerprint density at radius 1 is 1.00 bits per heavy atom. The number of imidazole rings is 1. The maximum absolute atomic E-state index is 12.2. The van der Waals surface area contributed by atoms with Crippen LogP contribution in [-0.4, -0.2) is 21.9 Å². The number of hydrogen-bond acceptors (Lipinski definition) is 4. The summed E-state index contributed by atoms with van der Waals surface area (Å²) in [7, 11) is 0. The van der Waals surface area contributed by atoms with E-state index < -0.39 is 0 Å². The highest BCUT2D eigenvalue weighted by Crippen LogP contribution is 2.19. The predicted molar refractivity (Wildman–Crippen MR) is 111 cm³/mol. The van der Waals surface area contributed by atoms with Crippen molar-refractivity contribution in [2.45, 2.75) is 13.5 Å². The number of hydrogen-bond donors (Lipinski definition) is 1. The van der Waals surface area contributed by atoms with Crippen LogP contribution >= 0.6 is 0 Å². The van der Waals surface area contributed by atoms with Gasteiger partial charge in [-0.25, -0.2) is 4.98 Å². The largest absolute Gasteiger partial charge is 0.487 e. The summed E-state index contributed by atoms with van der Waals surface area (Å²) >= 11 is 0. The third-order valence-corrected chi connectivity index (χ3v) is 4.28. The van der Waals surface area contributed by atoms with Crippen LogP contribution in [0.5, 0.6) is 11.5 Å². The van der Waals surface area contributed by atoms with Gasteiger partial charge in [0.2, 0.25) is 0 Å². The van der Waals surface area contributed by atoms with E-state index in [2.05, 4.69) is 10.3 Å². The molecule has 0 unspecified atom stereocenters. The summed E-state index contributed by atoms with van der Waals surface area (Å²) in [5.74, 6) is 1.09. The van der Waals surface area contributed by atoms with Crippen molar-refractivity contribution in [2.24, 2.45) is 0 Å². The van der Waals surface area contributed by atoms with Crippen LogP contribution in [-0.2, 0) is 11.4 Å². The maximum Gasteiger partial charge on any atom is 0.262 e. The van der Waals surface area contributed by atoms with Crippen molar-refractivity contribution in [3.05, 3.63) is 90.4 Å². The summed E-state index contributed by atoms with van der Waals surface area (Å²) < 4.78 is 13.3. The van der Waals surface area contributed by atoms with E-state index in [0.717, 1.165) is 16.9 Å². The quantitative estimate of drug-likeness (QED) is 0.515. The molecule has 6 heteroatoms. The third kappa shape index (κ3) is 4.93. The minimum Gasteiger partial charge on any atom is -0.487 e. The van der Waals surface area contributed by atoms with Crippen molar-refractivity contribution in [1.82, 2.24) is 9.38 Å². The van der Waals surface area contributed by atoms with Gasteiger partial charge in [-0.1, -0.05) is 24.3 Å². The van der Waals surface area contributed by atoms with E-state index in [9.17, 15) is 4.79 Å².